The van der Waals surface area contributed by atoms with Gasteiger partial charge in [0.2, 0.25) is 0 Å². The van der Waals surface area contributed by atoms with E-state index in [0.29, 0.717) is 6.61 Å². The zero-order valence-electron chi connectivity index (χ0n) is 9.81. The number of hydrogen-bond donors (Lipinski definition) is 0. The first kappa shape index (κ1) is 10.8. The van der Waals surface area contributed by atoms with Crippen molar-refractivity contribution in [3.63, 3.8) is 0 Å². The highest BCUT2D eigenvalue weighted by atomic mass is 16.5. The van der Waals surface area contributed by atoms with E-state index in [1.54, 1.807) is 0 Å². The van der Waals surface area contributed by atoms with Crippen LogP contribution in [0.3, 0.4) is 0 Å². The van der Waals surface area contributed by atoms with Gasteiger partial charge in [-0.1, -0.05) is 17.7 Å². The van der Waals surface area contributed by atoms with E-state index in [1.165, 1.54) is 11.1 Å². The molecule has 0 aliphatic carbocycles. The van der Waals surface area contributed by atoms with Crippen LogP contribution in [0.5, 0.6) is 5.75 Å². The monoisotopic (exact) mass is 215 g/mol. The van der Waals surface area contributed by atoms with Crippen molar-refractivity contribution >= 4 is 0 Å². The van der Waals surface area contributed by atoms with Gasteiger partial charge in [0.05, 0.1) is 6.54 Å². The third-order valence-corrected chi connectivity index (χ3v) is 2.60. The second-order valence-electron chi connectivity index (χ2n) is 4.04. The normalized spacial score (nSPS) is 10.4. The van der Waals surface area contributed by atoms with Crippen molar-refractivity contribution in [1.82, 2.24) is 4.57 Å². The number of rotatable bonds is 4. The van der Waals surface area contributed by atoms with Crippen LogP contribution in [0.2, 0.25) is 0 Å². The van der Waals surface area contributed by atoms with E-state index in [2.05, 4.69) is 30.5 Å². The highest BCUT2D eigenvalue weighted by Crippen LogP contribution is 2.18. The fourth-order valence-electron chi connectivity index (χ4n) is 1.74. The summed E-state index contributed by atoms with van der Waals surface area (Å²) in [5.74, 6) is 0.984. The van der Waals surface area contributed by atoms with Gasteiger partial charge in [-0.05, 0) is 37.6 Å². The van der Waals surface area contributed by atoms with E-state index in [9.17, 15) is 0 Å². The maximum Gasteiger partial charge on any atom is 0.122 e. The molecule has 2 aromatic rings. The smallest absolute Gasteiger partial charge is 0.122 e. The maximum absolute atomic E-state index is 5.74. The number of hydrogen-bond acceptors (Lipinski definition) is 1. The second kappa shape index (κ2) is 4.88. The Balaban J connectivity index is 1.90. The lowest BCUT2D eigenvalue weighted by Crippen LogP contribution is -2.06. The summed E-state index contributed by atoms with van der Waals surface area (Å²) in [4.78, 5) is 0. The van der Waals surface area contributed by atoms with Crippen molar-refractivity contribution in [2.24, 2.45) is 0 Å². The molecule has 2 heteroatoms. The number of aromatic nitrogens is 1. The molecule has 0 aliphatic rings. The van der Waals surface area contributed by atoms with Gasteiger partial charge >= 0.3 is 0 Å². The summed E-state index contributed by atoms with van der Waals surface area (Å²) >= 11 is 0. The fraction of sp³-hybridized carbons (Fsp3) is 0.286. The molecular weight excluding hydrogens is 198 g/mol. The van der Waals surface area contributed by atoms with Crippen LogP contribution in [0.15, 0.2) is 42.7 Å². The van der Waals surface area contributed by atoms with Crippen molar-refractivity contribution in [3.05, 3.63) is 53.9 Å². The Morgan fingerprint density at radius 1 is 1.12 bits per heavy atom. The Morgan fingerprint density at radius 3 is 2.56 bits per heavy atom. The molecule has 16 heavy (non-hydrogen) atoms. The van der Waals surface area contributed by atoms with E-state index in [0.717, 1.165) is 12.3 Å². The zero-order valence-corrected chi connectivity index (χ0v) is 9.81. The van der Waals surface area contributed by atoms with E-state index in [4.69, 9.17) is 4.74 Å². The Hall–Kier alpha value is -1.70. The molecule has 1 heterocycles. The van der Waals surface area contributed by atoms with Crippen molar-refractivity contribution in [2.45, 2.75) is 20.4 Å². The van der Waals surface area contributed by atoms with Crippen molar-refractivity contribution in [3.8, 4) is 5.75 Å². The molecule has 0 spiro atoms. The van der Waals surface area contributed by atoms with E-state index >= 15 is 0 Å². The molecule has 0 amide bonds. The van der Waals surface area contributed by atoms with Gasteiger partial charge < -0.3 is 9.30 Å². The lowest BCUT2D eigenvalue weighted by Gasteiger charge is -2.10. The minimum absolute atomic E-state index is 0.707. The van der Waals surface area contributed by atoms with Crippen molar-refractivity contribution in [2.75, 3.05) is 6.61 Å². The quantitative estimate of drug-likeness (QED) is 0.764. The molecular formula is C14H17NO. The van der Waals surface area contributed by atoms with Crippen LogP contribution in [0.1, 0.15) is 11.1 Å². The highest BCUT2D eigenvalue weighted by Gasteiger charge is 1.99. The molecule has 1 aromatic heterocycles. The van der Waals surface area contributed by atoms with E-state index in [1.807, 2.05) is 30.6 Å². The molecule has 0 saturated heterocycles. The molecule has 0 aliphatic heterocycles. The van der Waals surface area contributed by atoms with Gasteiger partial charge in [-0.25, -0.2) is 0 Å². The first-order valence-electron chi connectivity index (χ1n) is 5.56. The van der Waals surface area contributed by atoms with E-state index in [-0.39, 0.29) is 0 Å². The lowest BCUT2D eigenvalue weighted by molar-refractivity contribution is 0.296. The van der Waals surface area contributed by atoms with Crippen LogP contribution in [0.25, 0.3) is 0 Å². The molecule has 0 unspecified atom stereocenters. The van der Waals surface area contributed by atoms with Crippen LogP contribution < -0.4 is 4.74 Å². The summed E-state index contributed by atoms with van der Waals surface area (Å²) in [7, 11) is 0. The first-order chi connectivity index (χ1) is 7.75. The maximum atomic E-state index is 5.74. The second-order valence-corrected chi connectivity index (χ2v) is 4.04. The molecule has 0 saturated carbocycles. The van der Waals surface area contributed by atoms with Gasteiger partial charge in [-0.15, -0.1) is 0 Å². The summed E-state index contributed by atoms with van der Waals surface area (Å²) in [6.45, 7) is 5.77. The molecule has 0 bridgehead atoms. The molecule has 0 atom stereocenters. The van der Waals surface area contributed by atoms with Crippen LogP contribution >= 0.6 is 0 Å². The molecule has 2 nitrogen and oxygen atoms in total. The highest BCUT2D eigenvalue weighted by molar-refractivity contribution is 5.35. The minimum atomic E-state index is 0.707. The fourth-order valence-corrected chi connectivity index (χ4v) is 1.74. The summed E-state index contributed by atoms with van der Waals surface area (Å²) in [6, 6.07) is 10.3. The van der Waals surface area contributed by atoms with Crippen molar-refractivity contribution < 1.29 is 4.74 Å². The van der Waals surface area contributed by atoms with Crippen LogP contribution in [-0.2, 0) is 6.54 Å². The molecule has 84 valence electrons. The lowest BCUT2D eigenvalue weighted by atomic mass is 10.1. The first-order valence-corrected chi connectivity index (χ1v) is 5.56. The summed E-state index contributed by atoms with van der Waals surface area (Å²) < 4.78 is 7.86. The van der Waals surface area contributed by atoms with Gasteiger partial charge in [0.25, 0.3) is 0 Å². The Labute approximate surface area is 96.5 Å². The molecule has 0 fully saturated rings. The summed E-state index contributed by atoms with van der Waals surface area (Å²) in [5.41, 5.74) is 2.47. The standard InChI is InChI=1S/C14H17NO/c1-12-5-6-14(13(2)11-12)16-10-9-15-7-3-4-8-15/h3-8,11H,9-10H2,1-2H3. The predicted molar refractivity (Wildman–Crippen MR) is 65.8 cm³/mol. The Morgan fingerprint density at radius 2 is 1.88 bits per heavy atom. The Kier molecular flexibility index (Phi) is 3.30. The molecule has 0 N–H and O–H groups in total. The largest absolute Gasteiger partial charge is 0.491 e. The number of nitrogens with zero attached hydrogens (tertiary/aromatic N) is 1. The van der Waals surface area contributed by atoms with Gasteiger partial charge in [-0.2, -0.15) is 0 Å². The number of benzene rings is 1. The third kappa shape index (κ3) is 2.66. The summed E-state index contributed by atoms with van der Waals surface area (Å²) in [6.07, 6.45) is 4.09. The number of aryl methyl sites for hydroxylation is 2. The number of ether oxygens (including phenoxy) is 1. The third-order valence-electron chi connectivity index (χ3n) is 2.60. The van der Waals surface area contributed by atoms with Gasteiger partial charge in [0.1, 0.15) is 12.4 Å². The van der Waals surface area contributed by atoms with Crippen LogP contribution in [0, 0.1) is 13.8 Å². The molecule has 2 rings (SSSR count). The zero-order chi connectivity index (χ0) is 11.4. The predicted octanol–water partition coefficient (Wildman–Crippen LogP) is 3.18. The van der Waals surface area contributed by atoms with Crippen LogP contribution in [-0.4, -0.2) is 11.2 Å². The van der Waals surface area contributed by atoms with Gasteiger partial charge in [0, 0.05) is 12.4 Å². The topological polar surface area (TPSA) is 14.2 Å². The van der Waals surface area contributed by atoms with Crippen molar-refractivity contribution in [1.29, 1.82) is 0 Å². The summed E-state index contributed by atoms with van der Waals surface area (Å²) in [5, 5.41) is 0. The van der Waals surface area contributed by atoms with Gasteiger partial charge in [0.15, 0.2) is 0 Å². The average molecular weight is 215 g/mol. The minimum Gasteiger partial charge on any atom is -0.491 e. The average Bonchev–Trinajstić information content (AvgIpc) is 2.74. The van der Waals surface area contributed by atoms with E-state index < -0.39 is 0 Å². The van der Waals surface area contributed by atoms with Gasteiger partial charge in [-0.3, -0.25) is 0 Å². The van der Waals surface area contributed by atoms with Crippen LogP contribution in [0.4, 0.5) is 0 Å². The molecule has 1 aromatic carbocycles. The molecule has 0 radical (unpaired) electrons. The Bertz CT molecular complexity index is 446. The SMILES string of the molecule is Cc1ccc(OCCn2cccc2)c(C)c1.